The van der Waals surface area contributed by atoms with Gasteiger partial charge in [-0.2, -0.15) is 0 Å². The quantitative estimate of drug-likeness (QED) is 0.674. The molecule has 28 heavy (non-hydrogen) atoms. The minimum absolute atomic E-state index is 0. The standard InChI is InChI=1S/C21H21N3O2S.ClH/c1-2-24-10-9-16-17(12-24)27-21(18(16)19(22)25)23-20(26)15-8-7-13-5-3-4-6-14(13)11-15;/h3-8,11H,2,9-10,12H2,1H3,(H2,22,25)(H,23,26);1H. The van der Waals surface area contributed by atoms with Gasteiger partial charge >= 0.3 is 0 Å². The highest BCUT2D eigenvalue weighted by Gasteiger charge is 2.27. The van der Waals surface area contributed by atoms with E-state index in [-0.39, 0.29) is 18.3 Å². The number of thiophene rings is 1. The summed E-state index contributed by atoms with van der Waals surface area (Å²) in [5, 5.41) is 5.57. The number of carbonyl (C=O) groups excluding carboxylic acids is 2. The van der Waals surface area contributed by atoms with Gasteiger partial charge in [0.2, 0.25) is 0 Å². The fourth-order valence-corrected chi connectivity index (χ4v) is 4.87. The van der Waals surface area contributed by atoms with Crippen LogP contribution in [0.15, 0.2) is 42.5 Å². The Kier molecular flexibility index (Phi) is 6.03. The maximum atomic E-state index is 12.8. The average Bonchev–Trinajstić information content (AvgIpc) is 3.04. The molecule has 0 saturated heterocycles. The molecule has 5 nitrogen and oxygen atoms in total. The summed E-state index contributed by atoms with van der Waals surface area (Å²) in [6, 6.07) is 13.5. The number of nitrogens with two attached hydrogens (primary N) is 1. The molecule has 1 aromatic heterocycles. The van der Waals surface area contributed by atoms with Crippen LogP contribution in [0, 0.1) is 0 Å². The fourth-order valence-electron chi connectivity index (χ4n) is 3.58. The number of amides is 2. The van der Waals surface area contributed by atoms with Crippen molar-refractivity contribution in [1.82, 2.24) is 4.90 Å². The number of fused-ring (bicyclic) bond motifs is 2. The zero-order valence-corrected chi connectivity index (χ0v) is 17.2. The molecular formula is C21H22ClN3O2S. The van der Waals surface area contributed by atoms with Crippen molar-refractivity contribution in [2.24, 2.45) is 5.73 Å². The number of anilines is 1. The van der Waals surface area contributed by atoms with E-state index in [1.807, 2.05) is 36.4 Å². The number of nitrogens with one attached hydrogen (secondary N) is 1. The third kappa shape index (κ3) is 3.76. The number of nitrogens with zero attached hydrogens (tertiary/aromatic N) is 1. The Morgan fingerprint density at radius 3 is 2.64 bits per heavy atom. The summed E-state index contributed by atoms with van der Waals surface area (Å²) in [6.45, 7) is 4.78. The van der Waals surface area contributed by atoms with E-state index in [0.717, 1.165) is 47.3 Å². The normalized spacial score (nSPS) is 13.6. The minimum atomic E-state index is -0.480. The van der Waals surface area contributed by atoms with E-state index < -0.39 is 5.91 Å². The van der Waals surface area contributed by atoms with Gasteiger partial charge in [-0.15, -0.1) is 23.7 Å². The van der Waals surface area contributed by atoms with Gasteiger partial charge in [0.25, 0.3) is 11.8 Å². The number of hydrogen-bond donors (Lipinski definition) is 2. The number of benzene rings is 2. The van der Waals surface area contributed by atoms with E-state index in [2.05, 4.69) is 17.1 Å². The molecule has 1 aliphatic rings. The van der Waals surface area contributed by atoms with Crippen molar-refractivity contribution in [3.8, 4) is 0 Å². The average molecular weight is 416 g/mol. The molecule has 0 radical (unpaired) electrons. The Morgan fingerprint density at radius 2 is 1.93 bits per heavy atom. The first-order chi connectivity index (χ1) is 13.1. The van der Waals surface area contributed by atoms with E-state index in [9.17, 15) is 9.59 Å². The predicted molar refractivity (Wildman–Crippen MR) is 117 cm³/mol. The summed E-state index contributed by atoms with van der Waals surface area (Å²) in [6.07, 6.45) is 0.782. The highest BCUT2D eigenvalue weighted by molar-refractivity contribution is 7.17. The molecule has 0 unspecified atom stereocenters. The van der Waals surface area contributed by atoms with Crippen LogP contribution in [-0.4, -0.2) is 29.8 Å². The van der Waals surface area contributed by atoms with Crippen LogP contribution in [0.5, 0.6) is 0 Å². The summed E-state index contributed by atoms with van der Waals surface area (Å²) in [5.74, 6) is -0.708. The molecular weight excluding hydrogens is 394 g/mol. The van der Waals surface area contributed by atoms with Crippen LogP contribution >= 0.6 is 23.7 Å². The van der Waals surface area contributed by atoms with Crippen LogP contribution < -0.4 is 11.1 Å². The molecule has 2 aromatic carbocycles. The lowest BCUT2D eigenvalue weighted by molar-refractivity contribution is 0.1000. The van der Waals surface area contributed by atoms with Crippen molar-refractivity contribution in [1.29, 1.82) is 0 Å². The lowest BCUT2D eigenvalue weighted by Gasteiger charge is -2.25. The molecule has 4 rings (SSSR count). The molecule has 0 fully saturated rings. The van der Waals surface area contributed by atoms with Crippen LogP contribution in [0.4, 0.5) is 5.00 Å². The van der Waals surface area contributed by atoms with Crippen LogP contribution in [0.2, 0.25) is 0 Å². The van der Waals surface area contributed by atoms with Gasteiger partial charge in [-0.25, -0.2) is 0 Å². The second-order valence-electron chi connectivity index (χ2n) is 6.71. The molecule has 0 saturated carbocycles. The second kappa shape index (κ2) is 8.31. The van der Waals surface area contributed by atoms with Crippen molar-refractivity contribution in [2.75, 3.05) is 18.4 Å². The smallest absolute Gasteiger partial charge is 0.256 e. The first-order valence-corrected chi connectivity index (χ1v) is 9.85. The van der Waals surface area contributed by atoms with Gasteiger partial charge in [-0.3, -0.25) is 14.5 Å². The number of likely N-dealkylation sites (N-methyl/N-ethyl adjacent to an activating group) is 1. The molecule has 2 heterocycles. The molecule has 2 amide bonds. The Hall–Kier alpha value is -2.41. The number of primary amides is 1. The van der Waals surface area contributed by atoms with Crippen molar-refractivity contribution >= 4 is 51.3 Å². The lowest BCUT2D eigenvalue weighted by atomic mass is 10.0. The van der Waals surface area contributed by atoms with Crippen LogP contribution in [0.1, 0.15) is 38.1 Å². The summed E-state index contributed by atoms with van der Waals surface area (Å²) in [7, 11) is 0. The molecule has 3 aromatic rings. The van der Waals surface area contributed by atoms with Crippen LogP contribution in [-0.2, 0) is 13.0 Å². The fraction of sp³-hybridized carbons (Fsp3) is 0.238. The highest BCUT2D eigenvalue weighted by atomic mass is 35.5. The predicted octanol–water partition coefficient (Wildman–Crippen LogP) is 4.05. The van der Waals surface area contributed by atoms with E-state index in [1.54, 1.807) is 6.07 Å². The molecule has 0 bridgehead atoms. The van der Waals surface area contributed by atoms with Crippen molar-refractivity contribution in [2.45, 2.75) is 19.9 Å². The topological polar surface area (TPSA) is 75.4 Å². The van der Waals surface area contributed by atoms with Gasteiger partial charge in [-0.1, -0.05) is 37.3 Å². The molecule has 1 aliphatic heterocycles. The number of hydrogen-bond acceptors (Lipinski definition) is 4. The summed E-state index contributed by atoms with van der Waals surface area (Å²) >= 11 is 1.46. The van der Waals surface area contributed by atoms with Crippen LogP contribution in [0.3, 0.4) is 0 Å². The van der Waals surface area contributed by atoms with Crippen molar-refractivity contribution < 1.29 is 9.59 Å². The van der Waals surface area contributed by atoms with Crippen LogP contribution in [0.25, 0.3) is 10.8 Å². The maximum Gasteiger partial charge on any atom is 0.256 e. The van der Waals surface area contributed by atoms with Crippen molar-refractivity contribution in [3.63, 3.8) is 0 Å². The number of rotatable bonds is 4. The van der Waals surface area contributed by atoms with E-state index in [0.29, 0.717) is 16.1 Å². The Labute approximate surface area is 173 Å². The van der Waals surface area contributed by atoms with Crippen molar-refractivity contribution in [3.05, 3.63) is 64.0 Å². The van der Waals surface area contributed by atoms with Gasteiger partial charge in [0.1, 0.15) is 5.00 Å². The Morgan fingerprint density at radius 1 is 1.18 bits per heavy atom. The molecule has 0 atom stereocenters. The monoisotopic (exact) mass is 415 g/mol. The SMILES string of the molecule is CCN1CCc2c(sc(NC(=O)c3ccc4ccccc4c3)c2C(N)=O)C1.Cl. The first kappa shape index (κ1) is 20.3. The second-order valence-corrected chi connectivity index (χ2v) is 7.81. The largest absolute Gasteiger partial charge is 0.365 e. The van der Waals surface area contributed by atoms with Gasteiger partial charge in [0, 0.05) is 23.5 Å². The first-order valence-electron chi connectivity index (χ1n) is 9.03. The Balaban J connectivity index is 0.00000225. The molecule has 0 aliphatic carbocycles. The summed E-state index contributed by atoms with van der Waals surface area (Å²) in [4.78, 5) is 28.3. The summed E-state index contributed by atoms with van der Waals surface area (Å²) < 4.78 is 0. The number of carbonyl (C=O) groups is 2. The van der Waals surface area contributed by atoms with Gasteiger partial charge in [0.15, 0.2) is 0 Å². The van der Waals surface area contributed by atoms with E-state index >= 15 is 0 Å². The van der Waals surface area contributed by atoms with Gasteiger partial charge < -0.3 is 11.1 Å². The zero-order valence-electron chi connectivity index (χ0n) is 15.5. The van der Waals surface area contributed by atoms with Gasteiger partial charge in [0.05, 0.1) is 5.56 Å². The van der Waals surface area contributed by atoms with E-state index in [1.165, 1.54) is 11.3 Å². The third-order valence-corrected chi connectivity index (χ3v) is 6.20. The maximum absolute atomic E-state index is 12.8. The third-order valence-electron chi connectivity index (χ3n) is 5.07. The lowest BCUT2D eigenvalue weighted by Crippen LogP contribution is -2.30. The molecule has 146 valence electrons. The summed E-state index contributed by atoms with van der Waals surface area (Å²) in [5.41, 5.74) is 7.67. The molecule has 7 heteroatoms. The zero-order chi connectivity index (χ0) is 19.0. The van der Waals surface area contributed by atoms with Gasteiger partial charge in [-0.05, 0) is 41.4 Å². The molecule has 0 spiro atoms. The van der Waals surface area contributed by atoms with E-state index in [4.69, 9.17) is 5.73 Å². The highest BCUT2D eigenvalue weighted by Crippen LogP contribution is 2.37. The molecule has 3 N–H and O–H groups in total. The Bertz CT molecular complexity index is 1050. The minimum Gasteiger partial charge on any atom is -0.365 e. The number of halogens is 1.